The van der Waals surface area contributed by atoms with Gasteiger partial charge in [-0.25, -0.2) is 9.78 Å². The molecule has 2 N–H and O–H groups in total. The van der Waals surface area contributed by atoms with Crippen LogP contribution in [0.25, 0.3) is 5.69 Å². The van der Waals surface area contributed by atoms with Crippen molar-refractivity contribution in [1.29, 1.82) is 0 Å². The number of nitrogens with two attached hydrogens (primary N) is 1. The van der Waals surface area contributed by atoms with E-state index in [0.717, 1.165) is 41.9 Å². The average Bonchev–Trinajstić information content (AvgIpc) is 3.64. The minimum Gasteiger partial charge on any atom is -0.456 e. The number of carbonyl (C=O) groups excluding carboxylic acids is 1. The molecule has 2 atom stereocenters. The number of fused-ring (bicyclic) bond motifs is 3. The van der Waals surface area contributed by atoms with Gasteiger partial charge < -0.3 is 23.9 Å². The van der Waals surface area contributed by atoms with Crippen LogP contribution in [0.2, 0.25) is 0 Å². The second kappa shape index (κ2) is 10.4. The average molecular weight is 515 g/mol. The van der Waals surface area contributed by atoms with E-state index in [1.807, 2.05) is 42.7 Å². The van der Waals surface area contributed by atoms with Crippen molar-refractivity contribution in [3.63, 3.8) is 0 Å². The fourth-order valence-electron chi connectivity index (χ4n) is 5.50. The Labute approximate surface area is 219 Å². The van der Waals surface area contributed by atoms with Gasteiger partial charge in [-0.1, -0.05) is 48.5 Å². The first kappa shape index (κ1) is 24.4. The molecule has 4 heterocycles. The van der Waals surface area contributed by atoms with Crippen LogP contribution in [0.4, 0.5) is 0 Å². The Balaban J connectivity index is 1.21. The zero-order chi connectivity index (χ0) is 26.1. The maximum atomic E-state index is 13.5. The molecule has 2 unspecified atom stereocenters. The summed E-state index contributed by atoms with van der Waals surface area (Å²) in [6.45, 7) is 1.14. The molecule has 0 bridgehead atoms. The van der Waals surface area contributed by atoms with Gasteiger partial charge in [0.25, 0.3) is 0 Å². The number of carbonyl (C=O) groups is 1. The number of aryl methyl sites for hydroxylation is 1. The van der Waals surface area contributed by atoms with E-state index in [-0.39, 0.29) is 18.4 Å². The van der Waals surface area contributed by atoms with Crippen LogP contribution in [-0.4, -0.2) is 45.6 Å². The molecule has 38 heavy (non-hydrogen) atoms. The lowest BCUT2D eigenvalue weighted by atomic mass is 9.98. The highest BCUT2D eigenvalue weighted by atomic mass is 16.6. The Bertz CT molecular complexity index is 1490. The largest absolute Gasteiger partial charge is 0.519 e. The Hall–Kier alpha value is -3.95. The normalized spacial score (nSPS) is 17.7. The number of aromatic nitrogens is 2. The molecule has 0 radical (unpaired) electrons. The van der Waals surface area contributed by atoms with Gasteiger partial charge >= 0.3 is 11.8 Å². The van der Waals surface area contributed by atoms with E-state index in [4.69, 9.17) is 24.3 Å². The summed E-state index contributed by atoms with van der Waals surface area (Å²) in [6.07, 6.45) is 5.24. The van der Waals surface area contributed by atoms with Crippen LogP contribution < -0.4 is 11.6 Å². The zero-order valence-corrected chi connectivity index (χ0v) is 21.0. The number of hydrogen-bond donors (Lipinski definition) is 1. The smallest absolute Gasteiger partial charge is 0.456 e. The number of nitrogens with zero attached hydrogens (tertiary/aromatic N) is 3. The zero-order valence-electron chi connectivity index (χ0n) is 21.0. The second-order valence-corrected chi connectivity index (χ2v) is 9.97. The maximum Gasteiger partial charge on any atom is 0.519 e. The molecule has 1 saturated heterocycles. The van der Waals surface area contributed by atoms with Gasteiger partial charge in [0.05, 0.1) is 12.0 Å². The molecule has 9 heteroatoms. The van der Waals surface area contributed by atoms with Crippen LogP contribution in [0.15, 0.2) is 74.6 Å². The van der Waals surface area contributed by atoms with E-state index >= 15 is 0 Å². The highest BCUT2D eigenvalue weighted by Gasteiger charge is 2.34. The molecule has 2 aromatic heterocycles. The summed E-state index contributed by atoms with van der Waals surface area (Å²) in [7, 11) is 0. The van der Waals surface area contributed by atoms with Crippen molar-refractivity contribution in [2.45, 2.75) is 50.8 Å². The Morgan fingerprint density at radius 3 is 2.68 bits per heavy atom. The number of esters is 1. The molecule has 0 spiro atoms. The molecule has 196 valence electrons. The highest BCUT2D eigenvalue weighted by molar-refractivity contribution is 5.76. The van der Waals surface area contributed by atoms with Crippen LogP contribution in [0.5, 0.6) is 0 Å². The summed E-state index contributed by atoms with van der Waals surface area (Å²) in [6, 6.07) is 17.4. The fraction of sp³-hybridized carbons (Fsp3) is 0.345. The van der Waals surface area contributed by atoms with E-state index in [0.29, 0.717) is 31.7 Å². The van der Waals surface area contributed by atoms with E-state index < -0.39 is 17.8 Å². The third-order valence-electron chi connectivity index (χ3n) is 7.47. The predicted molar refractivity (Wildman–Crippen MR) is 139 cm³/mol. The van der Waals surface area contributed by atoms with E-state index in [1.54, 1.807) is 0 Å². The van der Waals surface area contributed by atoms with Gasteiger partial charge in [-0.3, -0.25) is 9.69 Å². The summed E-state index contributed by atoms with van der Waals surface area (Å²) in [5.74, 6) is -0.629. The molecule has 6 rings (SSSR count). The van der Waals surface area contributed by atoms with E-state index in [1.165, 1.54) is 5.56 Å². The minimum atomic E-state index is -0.811. The second-order valence-electron chi connectivity index (χ2n) is 9.97. The summed E-state index contributed by atoms with van der Waals surface area (Å²) in [5, 5.41) is 0. The summed E-state index contributed by atoms with van der Waals surface area (Å²) < 4.78 is 18.3. The van der Waals surface area contributed by atoms with Crippen LogP contribution in [0, 0.1) is 0 Å². The molecule has 0 saturated carbocycles. The lowest BCUT2D eigenvalue weighted by Crippen LogP contribution is -2.43. The van der Waals surface area contributed by atoms with E-state index in [2.05, 4.69) is 27.7 Å². The minimum absolute atomic E-state index is 0.0115. The van der Waals surface area contributed by atoms with Crippen molar-refractivity contribution in [2.24, 2.45) is 5.73 Å². The number of para-hydroxylation sites is 1. The maximum absolute atomic E-state index is 13.5. The van der Waals surface area contributed by atoms with Crippen LogP contribution in [0.3, 0.4) is 0 Å². The molecule has 2 aliphatic rings. The number of hydrogen-bond acceptors (Lipinski definition) is 8. The number of ether oxygens (including phenoxy) is 1. The molecule has 0 aliphatic carbocycles. The van der Waals surface area contributed by atoms with Crippen molar-refractivity contribution >= 4 is 5.97 Å². The van der Waals surface area contributed by atoms with Gasteiger partial charge in [0.1, 0.15) is 6.04 Å². The molecular weight excluding hydrogens is 484 g/mol. The lowest BCUT2D eigenvalue weighted by molar-refractivity contribution is -0.151. The first-order chi connectivity index (χ1) is 18.5. The van der Waals surface area contributed by atoms with Crippen LogP contribution in [-0.2, 0) is 41.8 Å². The molecule has 1 fully saturated rings. The van der Waals surface area contributed by atoms with Crippen molar-refractivity contribution in [3.05, 3.63) is 106 Å². The topological polar surface area (TPSA) is 117 Å². The van der Waals surface area contributed by atoms with Gasteiger partial charge in [0.2, 0.25) is 0 Å². The molecular formula is C29H30N4O5. The summed E-state index contributed by atoms with van der Waals surface area (Å²) in [4.78, 5) is 32.1. The van der Waals surface area contributed by atoms with Crippen molar-refractivity contribution < 1.29 is 18.4 Å². The molecule has 0 amide bonds. The van der Waals surface area contributed by atoms with Gasteiger partial charge in [-0.15, -0.1) is 0 Å². The van der Waals surface area contributed by atoms with E-state index in [9.17, 15) is 9.59 Å². The summed E-state index contributed by atoms with van der Waals surface area (Å²) >= 11 is 0. The Morgan fingerprint density at radius 2 is 1.87 bits per heavy atom. The number of rotatable bonds is 8. The van der Waals surface area contributed by atoms with Crippen molar-refractivity contribution in [3.8, 4) is 5.69 Å². The standard InChI is InChI=1S/C29H30N4O5/c30-21-12-13-32(16-21)25(15-22-24-11-10-20-8-4-5-9-23(20)33(24)18-31-22)28(34)36-17-27-26(37-29(35)38-27)14-19-6-2-1-3-7-19/h1-9,18,21,25H,10-17,30H2. The number of benzene rings is 2. The molecule has 2 aromatic carbocycles. The van der Waals surface area contributed by atoms with Gasteiger partial charge in [-0.05, 0) is 36.5 Å². The van der Waals surface area contributed by atoms with Gasteiger partial charge in [-0.2, -0.15) is 0 Å². The monoisotopic (exact) mass is 514 g/mol. The van der Waals surface area contributed by atoms with Crippen LogP contribution >= 0.6 is 0 Å². The highest BCUT2D eigenvalue weighted by Crippen LogP contribution is 2.28. The first-order valence-corrected chi connectivity index (χ1v) is 13.0. The Morgan fingerprint density at radius 1 is 1.08 bits per heavy atom. The predicted octanol–water partition coefficient (Wildman–Crippen LogP) is 2.80. The van der Waals surface area contributed by atoms with Crippen molar-refractivity contribution in [1.82, 2.24) is 14.5 Å². The lowest BCUT2D eigenvalue weighted by Gasteiger charge is -2.26. The Kier molecular flexibility index (Phi) is 6.70. The molecule has 2 aliphatic heterocycles. The SMILES string of the molecule is NC1CCN(C(Cc2ncn3c2CCc2ccccc2-3)C(=O)OCc2oc(=O)oc2Cc2ccccc2)C1. The molecule has 4 aromatic rings. The number of imidazole rings is 1. The van der Waals surface area contributed by atoms with Gasteiger partial charge in [0.15, 0.2) is 18.1 Å². The summed E-state index contributed by atoms with van der Waals surface area (Å²) in [5.41, 5.74) is 11.6. The first-order valence-electron chi connectivity index (χ1n) is 13.0. The fourth-order valence-corrected chi connectivity index (χ4v) is 5.50. The third-order valence-corrected chi connectivity index (χ3v) is 7.47. The van der Waals surface area contributed by atoms with Gasteiger partial charge in [0, 0.05) is 43.4 Å². The number of likely N-dealkylation sites (tertiary alicyclic amines) is 1. The quantitative estimate of drug-likeness (QED) is 0.357. The third kappa shape index (κ3) is 4.94. The van der Waals surface area contributed by atoms with Crippen molar-refractivity contribution in [2.75, 3.05) is 13.1 Å². The molecule has 9 nitrogen and oxygen atoms in total. The van der Waals surface area contributed by atoms with Crippen LogP contribution in [0.1, 0.15) is 40.5 Å².